The summed E-state index contributed by atoms with van der Waals surface area (Å²) in [6, 6.07) is -0.597. The molecule has 0 radical (unpaired) electrons. The third-order valence-corrected chi connectivity index (χ3v) is 2.80. The number of amides is 2. The van der Waals surface area contributed by atoms with Gasteiger partial charge in [-0.3, -0.25) is 14.7 Å². The molecule has 0 spiro atoms. The molecule has 3 N–H and O–H groups in total. The minimum absolute atomic E-state index is 0.157. The van der Waals surface area contributed by atoms with Gasteiger partial charge in [0.05, 0.1) is 17.1 Å². The molecule has 0 fully saturated rings. The van der Waals surface area contributed by atoms with Crippen LogP contribution in [0.25, 0.3) is 0 Å². The molecule has 19 heavy (non-hydrogen) atoms. The van der Waals surface area contributed by atoms with Crippen LogP contribution in [-0.4, -0.2) is 28.1 Å². The van der Waals surface area contributed by atoms with Gasteiger partial charge in [0.15, 0.2) is 0 Å². The van der Waals surface area contributed by atoms with Crippen LogP contribution in [0.1, 0.15) is 39.1 Å². The molecule has 6 nitrogen and oxygen atoms in total. The van der Waals surface area contributed by atoms with Gasteiger partial charge in [-0.05, 0) is 20.8 Å². The Morgan fingerprint density at radius 3 is 2.26 bits per heavy atom. The number of nitrogens with zero attached hydrogens (tertiary/aromatic N) is 1. The monoisotopic (exact) mass is 266 g/mol. The van der Waals surface area contributed by atoms with E-state index in [-0.39, 0.29) is 11.8 Å². The van der Waals surface area contributed by atoms with E-state index in [9.17, 15) is 9.59 Å². The van der Waals surface area contributed by atoms with E-state index in [1.54, 1.807) is 34.6 Å². The molecule has 1 atom stereocenters. The molecule has 0 bridgehead atoms. The third kappa shape index (κ3) is 3.81. The predicted molar refractivity (Wildman–Crippen MR) is 73.8 cm³/mol. The largest absolute Gasteiger partial charge is 0.344 e. The van der Waals surface area contributed by atoms with E-state index in [1.165, 1.54) is 0 Å². The highest BCUT2D eigenvalue weighted by Crippen LogP contribution is 2.17. The van der Waals surface area contributed by atoms with Gasteiger partial charge >= 0.3 is 0 Å². The lowest BCUT2D eigenvalue weighted by atomic mass is 9.95. The maximum atomic E-state index is 12.0. The van der Waals surface area contributed by atoms with Crippen molar-refractivity contribution >= 4 is 17.5 Å². The van der Waals surface area contributed by atoms with Gasteiger partial charge in [0.1, 0.15) is 6.04 Å². The molecule has 2 amide bonds. The first-order valence-electron chi connectivity index (χ1n) is 6.26. The average Bonchev–Trinajstić information content (AvgIpc) is 2.59. The molecule has 6 heteroatoms. The Balaban J connectivity index is 2.67. The highest BCUT2D eigenvalue weighted by atomic mass is 16.2. The number of carbonyl (C=O) groups is 2. The van der Waals surface area contributed by atoms with Crippen molar-refractivity contribution in [3.05, 3.63) is 11.4 Å². The summed E-state index contributed by atoms with van der Waals surface area (Å²) in [5, 5.41) is 12.3. The Morgan fingerprint density at radius 2 is 1.84 bits per heavy atom. The van der Waals surface area contributed by atoms with E-state index >= 15 is 0 Å². The summed E-state index contributed by atoms with van der Waals surface area (Å²) in [4.78, 5) is 23.8. The minimum atomic E-state index is -0.597. The van der Waals surface area contributed by atoms with Gasteiger partial charge in [-0.2, -0.15) is 5.10 Å². The first kappa shape index (κ1) is 15.2. The van der Waals surface area contributed by atoms with E-state index in [1.807, 2.05) is 6.92 Å². The second kappa shape index (κ2) is 5.42. The standard InChI is InChI=1S/C13H22N4O2/c1-7-10(8(2)17-16-7)15-11(18)9(3)14-12(19)13(4,5)6/h9H,1-6H3,(H,14,19)(H,15,18)(H,16,17). The van der Waals surface area contributed by atoms with Crippen LogP contribution in [0.3, 0.4) is 0 Å². The van der Waals surface area contributed by atoms with Crippen molar-refractivity contribution in [3.63, 3.8) is 0 Å². The molecule has 0 aliphatic rings. The number of hydrogen-bond donors (Lipinski definition) is 3. The average molecular weight is 266 g/mol. The van der Waals surface area contributed by atoms with E-state index < -0.39 is 11.5 Å². The van der Waals surface area contributed by atoms with Crippen molar-refractivity contribution < 1.29 is 9.59 Å². The van der Waals surface area contributed by atoms with Gasteiger partial charge < -0.3 is 10.6 Å². The number of rotatable bonds is 3. The van der Waals surface area contributed by atoms with Crippen molar-refractivity contribution in [1.29, 1.82) is 0 Å². The Labute approximate surface area is 113 Å². The van der Waals surface area contributed by atoms with Crippen LogP contribution in [0.15, 0.2) is 0 Å². The highest BCUT2D eigenvalue weighted by Gasteiger charge is 2.25. The van der Waals surface area contributed by atoms with E-state index in [4.69, 9.17) is 0 Å². The number of hydrogen-bond acceptors (Lipinski definition) is 3. The first-order valence-corrected chi connectivity index (χ1v) is 6.26. The molecule has 106 valence electrons. The summed E-state index contributed by atoms with van der Waals surface area (Å²) in [7, 11) is 0. The third-order valence-electron chi connectivity index (χ3n) is 2.80. The van der Waals surface area contributed by atoms with Crippen molar-refractivity contribution in [1.82, 2.24) is 15.5 Å². The summed E-state index contributed by atoms with van der Waals surface area (Å²) in [5.41, 5.74) is 1.66. The van der Waals surface area contributed by atoms with E-state index in [0.29, 0.717) is 5.69 Å². The van der Waals surface area contributed by atoms with Gasteiger partial charge in [-0.1, -0.05) is 20.8 Å². The summed E-state index contributed by atoms with van der Waals surface area (Å²) in [5.74, 6) is -0.416. The highest BCUT2D eigenvalue weighted by molar-refractivity contribution is 5.98. The Hall–Kier alpha value is -1.85. The fourth-order valence-electron chi connectivity index (χ4n) is 1.45. The zero-order valence-corrected chi connectivity index (χ0v) is 12.3. The topological polar surface area (TPSA) is 86.9 Å². The fraction of sp³-hybridized carbons (Fsp3) is 0.615. The second-order valence-corrected chi connectivity index (χ2v) is 5.74. The molecule has 1 unspecified atom stereocenters. The number of aryl methyl sites for hydroxylation is 2. The predicted octanol–water partition coefficient (Wildman–Crippen LogP) is 1.52. The molecule has 1 rings (SSSR count). The van der Waals surface area contributed by atoms with Crippen molar-refractivity contribution in [2.45, 2.75) is 47.6 Å². The maximum absolute atomic E-state index is 12.0. The van der Waals surface area contributed by atoms with Crippen molar-refractivity contribution in [3.8, 4) is 0 Å². The minimum Gasteiger partial charge on any atom is -0.344 e. The van der Waals surface area contributed by atoms with Gasteiger partial charge in [-0.25, -0.2) is 0 Å². The van der Waals surface area contributed by atoms with Crippen LogP contribution in [0.4, 0.5) is 5.69 Å². The summed E-state index contributed by atoms with van der Waals surface area (Å²) < 4.78 is 0. The number of aromatic amines is 1. The Kier molecular flexibility index (Phi) is 4.34. The van der Waals surface area contributed by atoms with Crippen LogP contribution in [0.2, 0.25) is 0 Å². The molecule has 1 aromatic rings. The quantitative estimate of drug-likeness (QED) is 0.775. The molecular formula is C13H22N4O2. The molecule has 0 aromatic carbocycles. The lowest BCUT2D eigenvalue weighted by Gasteiger charge is -2.21. The van der Waals surface area contributed by atoms with Crippen molar-refractivity contribution in [2.24, 2.45) is 5.41 Å². The molecule has 0 aliphatic carbocycles. The van der Waals surface area contributed by atoms with Gasteiger partial charge in [-0.15, -0.1) is 0 Å². The molecule has 1 heterocycles. The molecule has 1 aromatic heterocycles. The number of carbonyl (C=O) groups excluding carboxylic acids is 2. The van der Waals surface area contributed by atoms with Gasteiger partial charge in [0.2, 0.25) is 11.8 Å². The molecule has 0 saturated heterocycles. The molecule has 0 aliphatic heterocycles. The van der Waals surface area contributed by atoms with E-state index in [2.05, 4.69) is 20.8 Å². The van der Waals surface area contributed by atoms with Crippen LogP contribution in [0.5, 0.6) is 0 Å². The SMILES string of the molecule is Cc1n[nH]c(C)c1NC(=O)C(C)NC(=O)C(C)(C)C. The second-order valence-electron chi connectivity index (χ2n) is 5.74. The number of H-pyrrole nitrogens is 1. The van der Waals surface area contributed by atoms with Gasteiger partial charge in [0, 0.05) is 5.41 Å². The number of nitrogens with one attached hydrogen (secondary N) is 3. The van der Waals surface area contributed by atoms with Crippen LogP contribution >= 0.6 is 0 Å². The maximum Gasteiger partial charge on any atom is 0.246 e. The van der Waals surface area contributed by atoms with Crippen LogP contribution in [-0.2, 0) is 9.59 Å². The van der Waals surface area contributed by atoms with Crippen LogP contribution in [0, 0.1) is 19.3 Å². The number of aromatic nitrogens is 2. The Morgan fingerprint density at radius 1 is 1.26 bits per heavy atom. The fourth-order valence-corrected chi connectivity index (χ4v) is 1.45. The van der Waals surface area contributed by atoms with E-state index in [0.717, 1.165) is 11.4 Å². The zero-order chi connectivity index (χ0) is 14.8. The zero-order valence-electron chi connectivity index (χ0n) is 12.3. The lowest BCUT2D eigenvalue weighted by Crippen LogP contribution is -2.46. The molecular weight excluding hydrogens is 244 g/mol. The van der Waals surface area contributed by atoms with Crippen LogP contribution < -0.4 is 10.6 Å². The van der Waals surface area contributed by atoms with Crippen molar-refractivity contribution in [2.75, 3.05) is 5.32 Å². The summed E-state index contributed by atoms with van der Waals surface area (Å²) >= 11 is 0. The normalized spacial score (nSPS) is 12.9. The lowest BCUT2D eigenvalue weighted by molar-refractivity contribution is -0.131. The number of anilines is 1. The van der Waals surface area contributed by atoms with Gasteiger partial charge in [0.25, 0.3) is 0 Å². The smallest absolute Gasteiger partial charge is 0.246 e. The molecule has 0 saturated carbocycles. The Bertz CT molecular complexity index is 466. The first-order chi connectivity index (χ1) is 8.62. The summed E-state index contributed by atoms with van der Waals surface area (Å²) in [6.07, 6.45) is 0. The summed E-state index contributed by atoms with van der Waals surface area (Å²) in [6.45, 7) is 10.7.